The van der Waals surface area contributed by atoms with Crippen molar-refractivity contribution >= 4 is 38.9 Å². The Morgan fingerprint density at radius 1 is 1.37 bits per heavy atom. The largest absolute Gasteiger partial charge is 0.310 e. The van der Waals surface area contributed by atoms with E-state index in [4.69, 9.17) is 11.6 Å². The summed E-state index contributed by atoms with van der Waals surface area (Å²) in [6.45, 7) is 5.22. The van der Waals surface area contributed by atoms with Crippen molar-refractivity contribution in [3.63, 3.8) is 0 Å². The molecule has 2 rings (SSSR count). The standard InChI is InChI=1S/C15H17BrClNS/c1-3-18-15(8-13-7-11(16)9-19-13)14-5-4-12(17)6-10(14)2/h4-7,9,15,18H,3,8H2,1-2H3. The van der Waals surface area contributed by atoms with Crippen LogP contribution in [0.5, 0.6) is 0 Å². The molecule has 0 aliphatic rings. The Bertz CT molecular complexity index is 553. The maximum Gasteiger partial charge on any atom is 0.0408 e. The van der Waals surface area contributed by atoms with Crippen molar-refractivity contribution < 1.29 is 0 Å². The second kappa shape index (κ2) is 6.89. The summed E-state index contributed by atoms with van der Waals surface area (Å²) in [6.07, 6.45) is 1.01. The molecule has 0 radical (unpaired) electrons. The molecule has 102 valence electrons. The molecule has 1 aromatic carbocycles. The third kappa shape index (κ3) is 4.06. The highest BCUT2D eigenvalue weighted by Gasteiger charge is 2.14. The predicted octanol–water partition coefficient (Wildman–Crippen LogP) is 5.37. The van der Waals surface area contributed by atoms with Crippen molar-refractivity contribution in [2.24, 2.45) is 0 Å². The first-order chi connectivity index (χ1) is 9.10. The van der Waals surface area contributed by atoms with E-state index in [0.717, 1.165) is 22.5 Å². The molecule has 1 unspecified atom stereocenters. The monoisotopic (exact) mass is 357 g/mol. The molecule has 19 heavy (non-hydrogen) atoms. The molecular weight excluding hydrogens is 342 g/mol. The Labute approximate surface area is 132 Å². The van der Waals surface area contributed by atoms with Crippen LogP contribution in [0, 0.1) is 6.92 Å². The van der Waals surface area contributed by atoms with Crippen molar-refractivity contribution in [3.8, 4) is 0 Å². The van der Waals surface area contributed by atoms with Gasteiger partial charge in [0, 0.05) is 32.2 Å². The minimum Gasteiger partial charge on any atom is -0.310 e. The number of hydrogen-bond acceptors (Lipinski definition) is 2. The van der Waals surface area contributed by atoms with Crippen molar-refractivity contribution in [3.05, 3.63) is 55.1 Å². The number of rotatable bonds is 5. The fourth-order valence-electron chi connectivity index (χ4n) is 2.23. The van der Waals surface area contributed by atoms with Gasteiger partial charge in [-0.1, -0.05) is 24.6 Å². The topological polar surface area (TPSA) is 12.0 Å². The zero-order valence-corrected chi connectivity index (χ0v) is 14.2. The normalized spacial score (nSPS) is 12.6. The summed E-state index contributed by atoms with van der Waals surface area (Å²) >= 11 is 11.3. The molecule has 0 saturated heterocycles. The Kier molecular flexibility index (Phi) is 5.46. The molecule has 0 amide bonds. The van der Waals surface area contributed by atoms with E-state index in [9.17, 15) is 0 Å². The Hall–Kier alpha value is -0.350. The van der Waals surface area contributed by atoms with E-state index in [0.29, 0.717) is 6.04 Å². The van der Waals surface area contributed by atoms with Crippen molar-refractivity contribution in [2.75, 3.05) is 6.54 Å². The van der Waals surface area contributed by atoms with E-state index in [1.807, 2.05) is 12.1 Å². The van der Waals surface area contributed by atoms with Crippen LogP contribution in [0.3, 0.4) is 0 Å². The van der Waals surface area contributed by atoms with Gasteiger partial charge in [-0.2, -0.15) is 0 Å². The summed E-state index contributed by atoms with van der Waals surface area (Å²) in [6, 6.07) is 8.67. The Morgan fingerprint density at radius 3 is 2.74 bits per heavy atom. The van der Waals surface area contributed by atoms with Crippen molar-refractivity contribution in [1.29, 1.82) is 0 Å². The summed E-state index contributed by atoms with van der Waals surface area (Å²) in [5, 5.41) is 6.50. The van der Waals surface area contributed by atoms with Gasteiger partial charge in [-0.05, 0) is 58.7 Å². The first-order valence-corrected chi connectivity index (χ1v) is 8.37. The predicted molar refractivity (Wildman–Crippen MR) is 88.3 cm³/mol. The van der Waals surface area contributed by atoms with E-state index < -0.39 is 0 Å². The summed E-state index contributed by atoms with van der Waals surface area (Å²) in [5.41, 5.74) is 2.57. The molecule has 0 fully saturated rings. The fourth-order valence-corrected chi connectivity index (χ4v) is 3.96. The number of benzene rings is 1. The number of nitrogens with one attached hydrogen (secondary N) is 1. The lowest BCUT2D eigenvalue weighted by Gasteiger charge is -2.20. The zero-order valence-electron chi connectivity index (χ0n) is 11.0. The van der Waals surface area contributed by atoms with Crippen LogP contribution in [-0.4, -0.2) is 6.54 Å². The molecule has 0 spiro atoms. The quantitative estimate of drug-likeness (QED) is 0.758. The van der Waals surface area contributed by atoms with Crippen LogP contribution in [0.1, 0.15) is 29.0 Å². The van der Waals surface area contributed by atoms with Gasteiger partial charge in [-0.3, -0.25) is 0 Å². The van der Waals surface area contributed by atoms with Gasteiger partial charge in [0.1, 0.15) is 0 Å². The van der Waals surface area contributed by atoms with E-state index in [2.05, 4.69) is 52.6 Å². The maximum absolute atomic E-state index is 6.04. The van der Waals surface area contributed by atoms with Gasteiger partial charge in [-0.15, -0.1) is 11.3 Å². The molecule has 0 aliphatic carbocycles. The zero-order chi connectivity index (χ0) is 13.8. The van der Waals surface area contributed by atoms with Gasteiger partial charge < -0.3 is 5.32 Å². The van der Waals surface area contributed by atoms with Crippen LogP contribution < -0.4 is 5.32 Å². The smallest absolute Gasteiger partial charge is 0.0408 e. The average Bonchev–Trinajstić information content (AvgIpc) is 2.74. The molecule has 1 heterocycles. The van der Waals surface area contributed by atoms with Gasteiger partial charge in [0.2, 0.25) is 0 Å². The lowest BCUT2D eigenvalue weighted by molar-refractivity contribution is 0.551. The van der Waals surface area contributed by atoms with E-state index in [1.165, 1.54) is 16.0 Å². The first kappa shape index (κ1) is 15.0. The highest BCUT2D eigenvalue weighted by atomic mass is 79.9. The van der Waals surface area contributed by atoms with Crippen molar-refractivity contribution in [2.45, 2.75) is 26.3 Å². The van der Waals surface area contributed by atoms with Gasteiger partial charge in [0.05, 0.1) is 0 Å². The first-order valence-electron chi connectivity index (χ1n) is 6.32. The molecule has 2 aromatic rings. The third-order valence-corrected chi connectivity index (χ3v) is 5.04. The van der Waals surface area contributed by atoms with Crippen LogP contribution >= 0.6 is 38.9 Å². The highest BCUT2D eigenvalue weighted by molar-refractivity contribution is 9.10. The van der Waals surface area contributed by atoms with Crippen LogP contribution in [0.15, 0.2) is 34.1 Å². The van der Waals surface area contributed by atoms with Crippen molar-refractivity contribution in [1.82, 2.24) is 5.32 Å². The molecule has 0 aliphatic heterocycles. The molecule has 4 heteroatoms. The van der Waals surface area contributed by atoms with Crippen LogP contribution in [0.2, 0.25) is 5.02 Å². The summed E-state index contributed by atoms with van der Waals surface area (Å²) in [7, 11) is 0. The number of hydrogen-bond donors (Lipinski definition) is 1. The lowest BCUT2D eigenvalue weighted by atomic mass is 9.98. The summed E-state index contributed by atoms with van der Waals surface area (Å²) < 4.78 is 1.16. The van der Waals surface area contributed by atoms with E-state index in [-0.39, 0.29) is 0 Å². The minimum atomic E-state index is 0.341. The van der Waals surface area contributed by atoms with Gasteiger partial charge in [0.15, 0.2) is 0 Å². The molecule has 0 saturated carbocycles. The fraction of sp³-hybridized carbons (Fsp3) is 0.333. The Balaban J connectivity index is 2.23. The molecule has 1 N–H and O–H groups in total. The molecule has 0 bridgehead atoms. The number of thiophene rings is 1. The SMILES string of the molecule is CCNC(Cc1cc(Br)cs1)c1ccc(Cl)cc1C. The molecule has 1 aromatic heterocycles. The third-order valence-electron chi connectivity index (χ3n) is 3.08. The Morgan fingerprint density at radius 2 is 2.16 bits per heavy atom. The lowest BCUT2D eigenvalue weighted by Crippen LogP contribution is -2.23. The summed E-state index contributed by atoms with van der Waals surface area (Å²) in [4.78, 5) is 1.38. The van der Waals surface area contributed by atoms with Gasteiger partial charge in [0.25, 0.3) is 0 Å². The van der Waals surface area contributed by atoms with Crippen LogP contribution in [-0.2, 0) is 6.42 Å². The molecule has 1 atom stereocenters. The molecule has 1 nitrogen and oxygen atoms in total. The number of likely N-dealkylation sites (N-methyl/N-ethyl adjacent to an activating group) is 1. The number of halogens is 2. The average molecular weight is 359 g/mol. The second-order valence-electron chi connectivity index (χ2n) is 4.55. The summed E-state index contributed by atoms with van der Waals surface area (Å²) in [5.74, 6) is 0. The number of aryl methyl sites for hydroxylation is 1. The van der Waals surface area contributed by atoms with Crippen LogP contribution in [0.4, 0.5) is 0 Å². The van der Waals surface area contributed by atoms with Gasteiger partial charge in [-0.25, -0.2) is 0 Å². The highest BCUT2D eigenvalue weighted by Crippen LogP contribution is 2.28. The minimum absolute atomic E-state index is 0.341. The van der Waals surface area contributed by atoms with E-state index in [1.54, 1.807) is 11.3 Å². The molecular formula is C15H17BrClNS. The maximum atomic E-state index is 6.04. The van der Waals surface area contributed by atoms with Gasteiger partial charge >= 0.3 is 0 Å². The second-order valence-corrected chi connectivity index (χ2v) is 6.89. The van der Waals surface area contributed by atoms with Crippen LogP contribution in [0.25, 0.3) is 0 Å². The van der Waals surface area contributed by atoms with E-state index >= 15 is 0 Å².